The molecule has 0 aliphatic rings. The summed E-state index contributed by atoms with van der Waals surface area (Å²) in [5.41, 5.74) is 0.363. The minimum absolute atomic E-state index is 0.222. The lowest BCUT2D eigenvalue weighted by molar-refractivity contribution is -0.155. The molecule has 0 bridgehead atoms. The zero-order valence-electron chi connectivity index (χ0n) is 13.0. The molecule has 0 radical (unpaired) electrons. The summed E-state index contributed by atoms with van der Waals surface area (Å²) in [4.78, 5) is 23.2. The second-order valence-electron chi connectivity index (χ2n) is 5.81. The van der Waals surface area contributed by atoms with E-state index in [1.807, 2.05) is 30.3 Å². The zero-order valence-corrected chi connectivity index (χ0v) is 13.0. The molecule has 21 heavy (non-hydrogen) atoms. The van der Waals surface area contributed by atoms with Crippen LogP contribution in [0.1, 0.15) is 33.3 Å². The molecule has 0 aliphatic carbocycles. The minimum atomic E-state index is -0.560. The van der Waals surface area contributed by atoms with Gasteiger partial charge >= 0.3 is 11.9 Å². The van der Waals surface area contributed by atoms with Crippen LogP contribution in [0.2, 0.25) is 0 Å². The Hall–Kier alpha value is -2.10. The molecule has 0 saturated carbocycles. The van der Waals surface area contributed by atoms with Crippen LogP contribution in [-0.2, 0) is 25.7 Å². The maximum atomic E-state index is 11.7. The van der Waals surface area contributed by atoms with Gasteiger partial charge in [-0.05, 0) is 39.3 Å². The van der Waals surface area contributed by atoms with Crippen molar-refractivity contribution in [1.29, 1.82) is 0 Å². The first kappa shape index (κ1) is 17.0. The molecule has 4 nitrogen and oxygen atoms in total. The van der Waals surface area contributed by atoms with Gasteiger partial charge in [0.05, 0.1) is 5.41 Å². The van der Waals surface area contributed by atoms with Crippen molar-refractivity contribution < 1.29 is 19.1 Å². The summed E-state index contributed by atoms with van der Waals surface area (Å²) in [6.45, 7) is 7.25. The largest absolute Gasteiger partial charge is 0.458 e. The maximum absolute atomic E-state index is 11.7. The SMILES string of the molecule is CC(/C=C/C(=O)OCc1ccccc1)OC(=O)C(C)(C)C. The van der Waals surface area contributed by atoms with Gasteiger partial charge in [-0.1, -0.05) is 30.3 Å². The van der Waals surface area contributed by atoms with Crippen LogP contribution in [0.25, 0.3) is 0 Å². The standard InChI is InChI=1S/C17H22O4/c1-13(21-16(19)17(2,3)4)10-11-15(18)20-12-14-8-6-5-7-9-14/h5-11,13H,12H2,1-4H3/b11-10+. The van der Waals surface area contributed by atoms with Crippen LogP contribution in [0.3, 0.4) is 0 Å². The summed E-state index contributed by atoms with van der Waals surface area (Å²) in [7, 11) is 0. The van der Waals surface area contributed by atoms with Gasteiger partial charge in [0.15, 0.2) is 0 Å². The van der Waals surface area contributed by atoms with Crippen molar-refractivity contribution in [2.45, 2.75) is 40.4 Å². The second kappa shape index (κ2) is 7.62. The third-order valence-electron chi connectivity index (χ3n) is 2.63. The quantitative estimate of drug-likeness (QED) is 0.617. The van der Waals surface area contributed by atoms with Crippen LogP contribution in [0.15, 0.2) is 42.5 Å². The highest BCUT2D eigenvalue weighted by Crippen LogP contribution is 2.16. The lowest BCUT2D eigenvalue weighted by atomic mass is 9.97. The van der Waals surface area contributed by atoms with E-state index in [9.17, 15) is 9.59 Å². The van der Waals surface area contributed by atoms with E-state index in [4.69, 9.17) is 9.47 Å². The van der Waals surface area contributed by atoms with Gasteiger partial charge in [0.2, 0.25) is 0 Å². The van der Waals surface area contributed by atoms with Crippen molar-refractivity contribution in [3.05, 3.63) is 48.0 Å². The van der Waals surface area contributed by atoms with Crippen molar-refractivity contribution in [2.75, 3.05) is 0 Å². The number of rotatable bonds is 5. The number of carbonyl (C=O) groups is 2. The Morgan fingerprint density at radius 2 is 1.81 bits per heavy atom. The Morgan fingerprint density at radius 3 is 2.38 bits per heavy atom. The molecule has 4 heteroatoms. The Bertz CT molecular complexity index is 497. The molecular weight excluding hydrogens is 268 g/mol. The van der Waals surface area contributed by atoms with Gasteiger partial charge in [0, 0.05) is 6.08 Å². The molecule has 1 atom stereocenters. The molecule has 0 heterocycles. The lowest BCUT2D eigenvalue weighted by Crippen LogP contribution is -2.26. The summed E-state index contributed by atoms with van der Waals surface area (Å²) in [5.74, 6) is -0.769. The van der Waals surface area contributed by atoms with Crippen molar-refractivity contribution in [3.63, 3.8) is 0 Å². The molecule has 0 spiro atoms. The van der Waals surface area contributed by atoms with E-state index in [0.717, 1.165) is 5.56 Å². The number of carbonyl (C=O) groups excluding carboxylic acids is 2. The molecule has 0 saturated heterocycles. The molecule has 0 fully saturated rings. The predicted octanol–water partition coefficient (Wildman–Crippen LogP) is 3.26. The third kappa shape index (κ3) is 6.75. The molecule has 1 aromatic rings. The van der Waals surface area contributed by atoms with E-state index >= 15 is 0 Å². The summed E-state index contributed by atoms with van der Waals surface area (Å²) in [6.07, 6.45) is 2.32. The number of hydrogen-bond donors (Lipinski definition) is 0. The highest BCUT2D eigenvalue weighted by molar-refractivity contribution is 5.82. The van der Waals surface area contributed by atoms with Gasteiger partial charge in [-0.3, -0.25) is 4.79 Å². The fraction of sp³-hybridized carbons (Fsp3) is 0.412. The lowest BCUT2D eigenvalue weighted by Gasteiger charge is -2.18. The number of esters is 2. The second-order valence-corrected chi connectivity index (χ2v) is 5.81. The normalized spacial score (nSPS) is 13.0. The van der Waals surface area contributed by atoms with Gasteiger partial charge < -0.3 is 9.47 Å². The van der Waals surface area contributed by atoms with Crippen LogP contribution in [0.5, 0.6) is 0 Å². The Labute approximate surface area is 125 Å². The van der Waals surface area contributed by atoms with Gasteiger partial charge in [-0.25, -0.2) is 4.79 Å². The number of benzene rings is 1. The number of hydrogen-bond acceptors (Lipinski definition) is 4. The molecule has 0 amide bonds. The Kier molecular flexibility index (Phi) is 6.15. The first-order valence-electron chi connectivity index (χ1n) is 6.89. The molecule has 1 unspecified atom stereocenters. The Balaban J connectivity index is 2.38. The molecule has 0 N–H and O–H groups in total. The molecule has 1 aromatic carbocycles. The summed E-state index contributed by atoms with van der Waals surface area (Å²) in [6, 6.07) is 9.42. The molecule has 0 aliphatic heterocycles. The highest BCUT2D eigenvalue weighted by atomic mass is 16.5. The summed E-state index contributed by atoms with van der Waals surface area (Å²) < 4.78 is 10.3. The molecule has 0 aromatic heterocycles. The van der Waals surface area contributed by atoms with Crippen molar-refractivity contribution in [1.82, 2.24) is 0 Å². The zero-order chi connectivity index (χ0) is 15.9. The van der Waals surface area contributed by atoms with E-state index in [-0.39, 0.29) is 12.6 Å². The predicted molar refractivity (Wildman–Crippen MR) is 80.4 cm³/mol. The molecule has 1 rings (SSSR count). The highest BCUT2D eigenvalue weighted by Gasteiger charge is 2.24. The first-order valence-corrected chi connectivity index (χ1v) is 6.89. The monoisotopic (exact) mass is 290 g/mol. The fourth-order valence-electron chi connectivity index (χ4n) is 1.38. The number of ether oxygens (including phenoxy) is 2. The van der Waals surface area contributed by atoms with Gasteiger partial charge in [0.25, 0.3) is 0 Å². The average Bonchev–Trinajstić information content (AvgIpc) is 2.43. The van der Waals surface area contributed by atoms with E-state index in [2.05, 4.69) is 0 Å². The smallest absolute Gasteiger partial charge is 0.330 e. The van der Waals surface area contributed by atoms with Gasteiger partial charge in [0.1, 0.15) is 12.7 Å². The molecular formula is C17H22O4. The van der Waals surface area contributed by atoms with Crippen LogP contribution >= 0.6 is 0 Å². The molecule has 114 valence electrons. The van der Waals surface area contributed by atoms with E-state index < -0.39 is 17.5 Å². The van der Waals surface area contributed by atoms with E-state index in [1.165, 1.54) is 12.2 Å². The van der Waals surface area contributed by atoms with Gasteiger partial charge in [-0.2, -0.15) is 0 Å². The van der Waals surface area contributed by atoms with Gasteiger partial charge in [-0.15, -0.1) is 0 Å². The van der Waals surface area contributed by atoms with Crippen LogP contribution in [0.4, 0.5) is 0 Å². The van der Waals surface area contributed by atoms with Crippen molar-refractivity contribution >= 4 is 11.9 Å². The summed E-state index contributed by atoms with van der Waals surface area (Å²) in [5, 5.41) is 0. The van der Waals surface area contributed by atoms with Crippen LogP contribution in [-0.4, -0.2) is 18.0 Å². The van der Waals surface area contributed by atoms with Crippen molar-refractivity contribution in [3.8, 4) is 0 Å². The van der Waals surface area contributed by atoms with E-state index in [0.29, 0.717) is 0 Å². The summed E-state index contributed by atoms with van der Waals surface area (Å²) >= 11 is 0. The topological polar surface area (TPSA) is 52.6 Å². The maximum Gasteiger partial charge on any atom is 0.330 e. The third-order valence-corrected chi connectivity index (χ3v) is 2.63. The fourth-order valence-corrected chi connectivity index (χ4v) is 1.38. The van der Waals surface area contributed by atoms with Crippen molar-refractivity contribution in [2.24, 2.45) is 5.41 Å². The van der Waals surface area contributed by atoms with E-state index in [1.54, 1.807) is 27.7 Å². The van der Waals surface area contributed by atoms with Crippen LogP contribution < -0.4 is 0 Å². The average molecular weight is 290 g/mol. The minimum Gasteiger partial charge on any atom is -0.458 e. The first-order chi connectivity index (χ1) is 9.79. The Morgan fingerprint density at radius 1 is 1.19 bits per heavy atom. The van der Waals surface area contributed by atoms with Crippen LogP contribution in [0, 0.1) is 5.41 Å².